The Hall–Kier alpha value is -1.66. The van der Waals surface area contributed by atoms with E-state index in [0.29, 0.717) is 37.4 Å². The van der Waals surface area contributed by atoms with Crippen LogP contribution in [0.5, 0.6) is 0 Å². The Balaban J connectivity index is 0. The number of carbonyl (C=O) groups excluding carboxylic acids is 1. The number of esters is 1. The summed E-state index contributed by atoms with van der Waals surface area (Å²) in [4.78, 5) is 21.2. The van der Waals surface area contributed by atoms with Gasteiger partial charge in [0.05, 0.1) is 13.2 Å². The molecule has 0 amide bonds. The maximum atomic E-state index is 10.9. The molecule has 0 saturated carbocycles. The van der Waals surface area contributed by atoms with Gasteiger partial charge in [-0.15, -0.1) is 0 Å². The van der Waals surface area contributed by atoms with Crippen LogP contribution in [0.25, 0.3) is 0 Å². The molecule has 0 atom stereocenters. The van der Waals surface area contributed by atoms with E-state index in [2.05, 4.69) is 20.4 Å². The molecular weight excluding hydrogens is 336 g/mol. The summed E-state index contributed by atoms with van der Waals surface area (Å²) >= 11 is 0. The highest BCUT2D eigenvalue weighted by atomic mass is 16.6. The summed E-state index contributed by atoms with van der Waals surface area (Å²) in [6.45, 7) is 13.8. The third-order valence-corrected chi connectivity index (χ3v) is 3.14. The van der Waals surface area contributed by atoms with Crippen molar-refractivity contribution in [2.75, 3.05) is 33.0 Å². The summed E-state index contributed by atoms with van der Waals surface area (Å²) in [6.07, 6.45) is 6.74. The van der Waals surface area contributed by atoms with Gasteiger partial charge in [-0.05, 0) is 33.1 Å². The lowest BCUT2D eigenvalue weighted by molar-refractivity contribution is -0.140. The molecule has 0 aromatic rings. The van der Waals surface area contributed by atoms with Crippen LogP contribution in [0.15, 0.2) is 23.8 Å². The molecule has 0 bridgehead atoms. The Bertz CT molecular complexity index is 415. The highest BCUT2D eigenvalue weighted by Crippen LogP contribution is 1.96. The third kappa shape index (κ3) is 20.4. The minimum atomic E-state index is -0.853. The summed E-state index contributed by atoms with van der Waals surface area (Å²) in [5.41, 5.74) is 0.813. The van der Waals surface area contributed by atoms with E-state index in [-0.39, 0.29) is 5.97 Å². The molecule has 0 aliphatic carbocycles. The van der Waals surface area contributed by atoms with Gasteiger partial charge >= 0.3 is 11.9 Å². The maximum Gasteiger partial charge on any atom is 0.333 e. The second-order valence-electron chi connectivity index (χ2n) is 5.83. The lowest BCUT2D eigenvalue weighted by atomic mass is 10.2. The van der Waals surface area contributed by atoms with Gasteiger partial charge in [-0.2, -0.15) is 0 Å². The van der Waals surface area contributed by atoms with Gasteiger partial charge in [0.1, 0.15) is 6.61 Å². The van der Waals surface area contributed by atoms with E-state index in [9.17, 15) is 9.59 Å². The van der Waals surface area contributed by atoms with E-state index in [0.717, 1.165) is 38.9 Å². The quantitative estimate of drug-likeness (QED) is 0.280. The van der Waals surface area contributed by atoms with Crippen LogP contribution in [-0.4, -0.2) is 50.1 Å². The maximum absolute atomic E-state index is 10.9. The van der Waals surface area contributed by atoms with Crippen LogP contribution in [0.4, 0.5) is 0 Å². The first-order valence-electron chi connectivity index (χ1n) is 9.24. The number of hydrogen-bond donors (Lipinski definition) is 1. The normalized spacial score (nSPS) is 10.7. The minimum Gasteiger partial charge on any atom is -0.478 e. The molecular formula is C20H36O6. The zero-order valence-electron chi connectivity index (χ0n) is 16.8. The number of unbranched alkanes of at least 4 members (excludes halogenated alkanes) is 2. The molecule has 0 aliphatic heterocycles. The Morgan fingerprint density at radius 2 is 1.46 bits per heavy atom. The molecule has 6 heteroatoms. The van der Waals surface area contributed by atoms with Gasteiger partial charge in [-0.3, -0.25) is 0 Å². The van der Waals surface area contributed by atoms with E-state index >= 15 is 0 Å². The first-order valence-corrected chi connectivity index (χ1v) is 9.24. The summed E-state index contributed by atoms with van der Waals surface area (Å²) in [7, 11) is 0. The lowest BCUT2D eigenvalue weighted by Gasteiger charge is -2.04. The number of carbonyl (C=O) groups is 2. The molecule has 0 saturated heterocycles. The van der Waals surface area contributed by atoms with Crippen molar-refractivity contribution in [2.24, 2.45) is 0 Å². The van der Waals surface area contributed by atoms with Crippen molar-refractivity contribution >= 4 is 11.9 Å². The van der Waals surface area contributed by atoms with Crippen LogP contribution >= 0.6 is 0 Å². The van der Waals surface area contributed by atoms with Crippen LogP contribution in [-0.2, 0) is 23.8 Å². The first-order chi connectivity index (χ1) is 12.4. The van der Waals surface area contributed by atoms with Crippen LogP contribution in [0.2, 0.25) is 0 Å². The minimum absolute atomic E-state index is 0.315. The predicted molar refractivity (Wildman–Crippen MR) is 103 cm³/mol. The topological polar surface area (TPSA) is 82.1 Å². The molecule has 0 heterocycles. The Kier molecular flexibility index (Phi) is 20.1. The molecule has 0 spiro atoms. The summed E-state index contributed by atoms with van der Waals surface area (Å²) < 4.78 is 15.3. The summed E-state index contributed by atoms with van der Waals surface area (Å²) in [6, 6.07) is 0. The van der Waals surface area contributed by atoms with Crippen LogP contribution in [0.3, 0.4) is 0 Å². The molecule has 0 aliphatic rings. The highest BCUT2D eigenvalue weighted by Gasteiger charge is 2.01. The number of aliphatic carboxylic acids is 1. The molecule has 6 nitrogen and oxygen atoms in total. The fraction of sp³-hybridized carbons (Fsp3) is 0.700. The van der Waals surface area contributed by atoms with Crippen molar-refractivity contribution in [1.82, 2.24) is 0 Å². The van der Waals surface area contributed by atoms with Crippen LogP contribution in [0, 0.1) is 0 Å². The monoisotopic (exact) mass is 372 g/mol. The van der Waals surface area contributed by atoms with Gasteiger partial charge in [-0.25, -0.2) is 9.59 Å². The zero-order chi connectivity index (χ0) is 20.2. The number of ether oxygens (including phenoxy) is 3. The van der Waals surface area contributed by atoms with Gasteiger partial charge < -0.3 is 19.3 Å². The fourth-order valence-corrected chi connectivity index (χ4v) is 1.46. The van der Waals surface area contributed by atoms with E-state index in [1.165, 1.54) is 0 Å². The largest absolute Gasteiger partial charge is 0.478 e. The molecule has 0 aromatic heterocycles. The second-order valence-corrected chi connectivity index (χ2v) is 5.83. The molecule has 0 fully saturated rings. The van der Waals surface area contributed by atoms with E-state index in [1.54, 1.807) is 19.9 Å². The Morgan fingerprint density at radius 3 is 1.92 bits per heavy atom. The SMILES string of the molecule is C=C(C)C(=O)OCCOCCCC.CCCCOCCC=C(C)C(=O)O. The smallest absolute Gasteiger partial charge is 0.333 e. The second kappa shape index (κ2) is 19.7. The van der Waals surface area contributed by atoms with Crippen LogP contribution < -0.4 is 0 Å². The fourth-order valence-electron chi connectivity index (χ4n) is 1.46. The first kappa shape index (κ1) is 26.6. The van der Waals surface area contributed by atoms with E-state index in [4.69, 9.17) is 19.3 Å². The summed E-state index contributed by atoms with van der Waals surface area (Å²) in [5, 5.41) is 8.51. The van der Waals surface area contributed by atoms with Gasteiger partial charge in [0.25, 0.3) is 0 Å². The van der Waals surface area contributed by atoms with Crippen molar-refractivity contribution in [3.63, 3.8) is 0 Å². The van der Waals surface area contributed by atoms with E-state index < -0.39 is 5.97 Å². The number of carboxylic acids is 1. The van der Waals surface area contributed by atoms with Gasteiger partial charge in [-0.1, -0.05) is 39.3 Å². The van der Waals surface area contributed by atoms with Gasteiger partial charge in [0.2, 0.25) is 0 Å². The van der Waals surface area contributed by atoms with Crippen molar-refractivity contribution in [2.45, 2.75) is 59.8 Å². The molecule has 0 rings (SSSR count). The number of carboxylic acid groups (broad SMARTS) is 1. The van der Waals surface area contributed by atoms with Crippen molar-refractivity contribution < 1.29 is 28.9 Å². The Labute approximate surface area is 158 Å². The van der Waals surface area contributed by atoms with Crippen molar-refractivity contribution in [1.29, 1.82) is 0 Å². The molecule has 26 heavy (non-hydrogen) atoms. The molecule has 0 radical (unpaired) electrons. The molecule has 1 N–H and O–H groups in total. The average molecular weight is 373 g/mol. The zero-order valence-corrected chi connectivity index (χ0v) is 16.8. The number of hydrogen-bond acceptors (Lipinski definition) is 5. The van der Waals surface area contributed by atoms with Crippen molar-refractivity contribution in [3.05, 3.63) is 23.8 Å². The molecule has 0 unspecified atom stereocenters. The summed E-state index contributed by atoms with van der Waals surface area (Å²) in [5.74, 6) is -1.20. The van der Waals surface area contributed by atoms with Crippen molar-refractivity contribution in [3.8, 4) is 0 Å². The average Bonchev–Trinajstić information content (AvgIpc) is 2.60. The number of rotatable bonds is 14. The highest BCUT2D eigenvalue weighted by molar-refractivity contribution is 5.86. The lowest BCUT2D eigenvalue weighted by Crippen LogP contribution is -2.11. The molecule has 152 valence electrons. The third-order valence-electron chi connectivity index (χ3n) is 3.14. The molecule has 0 aromatic carbocycles. The van der Waals surface area contributed by atoms with Gasteiger partial charge in [0.15, 0.2) is 0 Å². The van der Waals surface area contributed by atoms with Gasteiger partial charge in [0, 0.05) is 24.4 Å². The predicted octanol–water partition coefficient (Wildman–Crippen LogP) is 4.15. The Morgan fingerprint density at radius 1 is 0.923 bits per heavy atom. The standard InChI is InChI=1S/2C10H18O3/c1-4-5-6-12-7-8-13-10(11)9(2)3;1-3-4-7-13-8-5-6-9(2)10(11)12/h2,4-8H2,1,3H3;6H,3-5,7-8H2,1-2H3,(H,11,12). The van der Waals surface area contributed by atoms with Crippen LogP contribution in [0.1, 0.15) is 59.8 Å². The van der Waals surface area contributed by atoms with E-state index in [1.807, 2.05) is 0 Å².